The molecule has 0 heterocycles. The van der Waals surface area contributed by atoms with Crippen LogP contribution in [0.1, 0.15) is 0 Å². The molecule has 1 aromatic rings. The van der Waals surface area contributed by atoms with Gasteiger partial charge >= 0.3 is 0 Å². The summed E-state index contributed by atoms with van der Waals surface area (Å²) in [7, 11) is 1.58. The number of rotatable bonds is 4. The van der Waals surface area contributed by atoms with Gasteiger partial charge < -0.3 is 16.2 Å². The Morgan fingerprint density at radius 3 is 2.86 bits per heavy atom. The molecule has 4 nitrogen and oxygen atoms in total. The lowest BCUT2D eigenvalue weighted by atomic mass is 10.3. The van der Waals surface area contributed by atoms with Gasteiger partial charge in [-0.1, -0.05) is 0 Å². The van der Waals surface area contributed by atoms with Crippen molar-refractivity contribution in [1.82, 2.24) is 0 Å². The maximum atomic E-state index is 10.6. The van der Waals surface area contributed by atoms with Crippen molar-refractivity contribution in [2.75, 3.05) is 18.6 Å². The third-order valence-electron chi connectivity index (χ3n) is 1.59. The zero-order chi connectivity index (χ0) is 10.6. The maximum Gasteiger partial charge on any atom is 0.227 e. The minimum absolute atomic E-state index is 0.220. The molecule has 4 N–H and O–H groups in total. The van der Waals surface area contributed by atoms with Crippen LogP contribution in [0.4, 0.5) is 5.69 Å². The highest BCUT2D eigenvalue weighted by atomic mass is 32.2. The number of carbonyl (C=O) groups is 1. The number of ether oxygens (including phenoxy) is 1. The molecule has 1 rings (SSSR count). The number of carbonyl (C=O) groups excluding carboxylic acids is 1. The number of thioether (sulfide) groups is 1. The molecule has 5 heteroatoms. The van der Waals surface area contributed by atoms with Crippen molar-refractivity contribution in [3.63, 3.8) is 0 Å². The first kappa shape index (κ1) is 10.7. The van der Waals surface area contributed by atoms with Crippen LogP contribution in [0, 0.1) is 0 Å². The van der Waals surface area contributed by atoms with Crippen LogP contribution in [-0.4, -0.2) is 18.8 Å². The van der Waals surface area contributed by atoms with Crippen molar-refractivity contribution in [2.24, 2.45) is 5.73 Å². The molecule has 0 aliphatic heterocycles. The Kier molecular flexibility index (Phi) is 3.64. The van der Waals surface area contributed by atoms with Gasteiger partial charge in [-0.3, -0.25) is 4.79 Å². The minimum Gasteiger partial charge on any atom is -0.497 e. The molecule has 0 saturated carbocycles. The fourth-order valence-electron chi connectivity index (χ4n) is 0.916. The lowest BCUT2D eigenvalue weighted by Crippen LogP contribution is -2.13. The van der Waals surface area contributed by atoms with Crippen molar-refractivity contribution in [1.29, 1.82) is 0 Å². The van der Waals surface area contributed by atoms with Gasteiger partial charge in [0.25, 0.3) is 0 Å². The number of amides is 1. The molecule has 0 spiro atoms. The van der Waals surface area contributed by atoms with Gasteiger partial charge in [0.05, 0.1) is 12.9 Å². The Labute approximate surface area is 86.6 Å². The van der Waals surface area contributed by atoms with E-state index in [2.05, 4.69) is 0 Å². The fraction of sp³-hybridized carbons (Fsp3) is 0.222. The second-order valence-corrected chi connectivity index (χ2v) is 3.68. The van der Waals surface area contributed by atoms with Crippen LogP contribution in [0.2, 0.25) is 0 Å². The molecular formula is C9H12N2O2S. The predicted octanol–water partition coefficient (Wildman–Crippen LogP) is 0.855. The topological polar surface area (TPSA) is 78.3 Å². The summed E-state index contributed by atoms with van der Waals surface area (Å²) in [5, 5.41) is 0. The molecule has 0 saturated heterocycles. The van der Waals surface area contributed by atoms with Crippen molar-refractivity contribution >= 4 is 23.4 Å². The van der Waals surface area contributed by atoms with Crippen LogP contribution >= 0.6 is 11.8 Å². The Morgan fingerprint density at radius 1 is 1.57 bits per heavy atom. The van der Waals surface area contributed by atoms with Crippen LogP contribution in [0.15, 0.2) is 23.1 Å². The third kappa shape index (κ3) is 2.85. The van der Waals surface area contributed by atoms with E-state index in [1.165, 1.54) is 11.8 Å². The normalized spacial score (nSPS) is 9.79. The molecule has 1 amide bonds. The number of nitrogens with two attached hydrogens (primary N) is 2. The second kappa shape index (κ2) is 4.76. The fourth-order valence-corrected chi connectivity index (χ4v) is 1.65. The summed E-state index contributed by atoms with van der Waals surface area (Å²) in [4.78, 5) is 11.4. The summed E-state index contributed by atoms with van der Waals surface area (Å²) in [6.07, 6.45) is 0. The highest BCUT2D eigenvalue weighted by Crippen LogP contribution is 2.28. The first-order chi connectivity index (χ1) is 6.63. The summed E-state index contributed by atoms with van der Waals surface area (Å²) < 4.78 is 5.03. The van der Waals surface area contributed by atoms with Crippen molar-refractivity contribution in [3.05, 3.63) is 18.2 Å². The smallest absolute Gasteiger partial charge is 0.227 e. The molecule has 14 heavy (non-hydrogen) atoms. The van der Waals surface area contributed by atoms with Crippen molar-refractivity contribution in [3.8, 4) is 5.75 Å². The molecule has 0 radical (unpaired) electrons. The van der Waals surface area contributed by atoms with Gasteiger partial charge in [-0.2, -0.15) is 0 Å². The Balaban J connectivity index is 2.78. The van der Waals surface area contributed by atoms with Gasteiger partial charge in [0.15, 0.2) is 0 Å². The molecule has 0 fully saturated rings. The monoisotopic (exact) mass is 212 g/mol. The van der Waals surface area contributed by atoms with Gasteiger partial charge in [0.1, 0.15) is 5.75 Å². The number of nitrogen functional groups attached to an aromatic ring is 1. The highest BCUT2D eigenvalue weighted by Gasteiger charge is 2.03. The molecule has 76 valence electrons. The van der Waals surface area contributed by atoms with Gasteiger partial charge in [0.2, 0.25) is 5.91 Å². The molecular weight excluding hydrogens is 200 g/mol. The Bertz CT molecular complexity index is 342. The van der Waals surface area contributed by atoms with E-state index < -0.39 is 0 Å². The van der Waals surface area contributed by atoms with Gasteiger partial charge in [-0.05, 0) is 18.2 Å². The molecule has 0 atom stereocenters. The minimum atomic E-state index is -0.364. The lowest BCUT2D eigenvalue weighted by molar-refractivity contribution is -0.115. The van der Waals surface area contributed by atoms with E-state index >= 15 is 0 Å². The first-order valence-electron chi connectivity index (χ1n) is 3.98. The molecule has 1 aromatic carbocycles. The number of anilines is 1. The Hall–Kier alpha value is -1.36. The van der Waals surface area contributed by atoms with E-state index in [9.17, 15) is 4.79 Å². The number of methoxy groups -OCH3 is 1. The molecule has 0 aliphatic rings. The quantitative estimate of drug-likeness (QED) is 0.573. The average Bonchev–Trinajstić information content (AvgIpc) is 2.16. The van der Waals surface area contributed by atoms with E-state index in [1.807, 2.05) is 0 Å². The highest BCUT2D eigenvalue weighted by molar-refractivity contribution is 8.00. The van der Waals surface area contributed by atoms with Crippen LogP contribution < -0.4 is 16.2 Å². The summed E-state index contributed by atoms with van der Waals surface area (Å²) in [6, 6.07) is 5.29. The SMILES string of the molecule is COc1ccc(N)c(SCC(N)=O)c1. The van der Waals surface area contributed by atoms with Crippen LogP contribution in [0.25, 0.3) is 0 Å². The van der Waals surface area contributed by atoms with Crippen LogP contribution in [0.3, 0.4) is 0 Å². The zero-order valence-corrected chi connectivity index (χ0v) is 8.64. The predicted molar refractivity (Wildman–Crippen MR) is 57.3 cm³/mol. The van der Waals surface area contributed by atoms with Crippen molar-refractivity contribution in [2.45, 2.75) is 4.90 Å². The summed E-state index contributed by atoms with van der Waals surface area (Å²) in [5.74, 6) is 0.570. The molecule has 0 unspecified atom stereocenters. The molecule has 0 aromatic heterocycles. The largest absolute Gasteiger partial charge is 0.497 e. The van der Waals surface area contributed by atoms with E-state index in [-0.39, 0.29) is 11.7 Å². The van der Waals surface area contributed by atoms with E-state index in [0.29, 0.717) is 11.4 Å². The molecule has 0 aliphatic carbocycles. The summed E-state index contributed by atoms with van der Waals surface area (Å²) >= 11 is 1.31. The molecule has 0 bridgehead atoms. The van der Waals surface area contributed by atoms with E-state index in [1.54, 1.807) is 25.3 Å². The maximum absolute atomic E-state index is 10.6. The number of benzene rings is 1. The summed E-state index contributed by atoms with van der Waals surface area (Å²) in [6.45, 7) is 0. The van der Waals surface area contributed by atoms with Crippen molar-refractivity contribution < 1.29 is 9.53 Å². The Morgan fingerprint density at radius 2 is 2.29 bits per heavy atom. The first-order valence-corrected chi connectivity index (χ1v) is 4.96. The van der Waals surface area contributed by atoms with Crippen LogP contribution in [0.5, 0.6) is 5.75 Å². The van der Waals surface area contributed by atoms with Gasteiger partial charge in [-0.15, -0.1) is 11.8 Å². The number of hydrogen-bond acceptors (Lipinski definition) is 4. The summed E-state index contributed by atoms with van der Waals surface area (Å²) in [5.41, 5.74) is 11.4. The average molecular weight is 212 g/mol. The lowest BCUT2D eigenvalue weighted by Gasteiger charge is -2.06. The van der Waals surface area contributed by atoms with Gasteiger partial charge in [-0.25, -0.2) is 0 Å². The number of primary amides is 1. The third-order valence-corrected chi connectivity index (χ3v) is 2.68. The van der Waals surface area contributed by atoms with E-state index in [4.69, 9.17) is 16.2 Å². The second-order valence-electron chi connectivity index (χ2n) is 2.66. The van der Waals surface area contributed by atoms with Gasteiger partial charge in [0, 0.05) is 10.6 Å². The zero-order valence-electron chi connectivity index (χ0n) is 7.82. The standard InChI is InChI=1S/C9H12N2O2S/c1-13-6-2-3-7(10)8(4-6)14-5-9(11)12/h2-4H,5,10H2,1H3,(H2,11,12). The number of hydrogen-bond donors (Lipinski definition) is 2. The van der Waals surface area contributed by atoms with Crippen LogP contribution in [-0.2, 0) is 4.79 Å². The van der Waals surface area contributed by atoms with E-state index in [0.717, 1.165) is 4.90 Å².